The van der Waals surface area contributed by atoms with Gasteiger partial charge in [-0.2, -0.15) is 0 Å². The second-order valence-electron chi connectivity index (χ2n) is 7.99. The largest absolute Gasteiger partial charge is 0.593 e. The topological polar surface area (TPSA) is 99.3 Å². The van der Waals surface area contributed by atoms with Gasteiger partial charge in [0, 0.05) is 49.3 Å². The third-order valence-electron chi connectivity index (χ3n) is 5.21. The van der Waals surface area contributed by atoms with Crippen molar-refractivity contribution in [1.29, 1.82) is 0 Å². The lowest BCUT2D eigenvalue weighted by molar-refractivity contribution is 0.0741. The summed E-state index contributed by atoms with van der Waals surface area (Å²) in [5.41, 5.74) is 3.23. The Morgan fingerprint density at radius 3 is 2.68 bits per heavy atom. The molecule has 164 valence electrons. The Bertz CT molecular complexity index is 1060. The molecule has 8 nitrogen and oxygen atoms in total. The zero-order valence-corrected chi connectivity index (χ0v) is 18.8. The molecule has 0 radical (unpaired) electrons. The van der Waals surface area contributed by atoms with E-state index in [0.717, 1.165) is 41.2 Å². The molecule has 1 fully saturated rings. The molecular weight excluding hydrogens is 412 g/mol. The van der Waals surface area contributed by atoms with Gasteiger partial charge in [0.25, 0.3) is 5.91 Å². The van der Waals surface area contributed by atoms with Gasteiger partial charge in [-0.05, 0) is 50.2 Å². The fourth-order valence-corrected chi connectivity index (χ4v) is 4.30. The van der Waals surface area contributed by atoms with Gasteiger partial charge in [-0.15, -0.1) is 0 Å². The van der Waals surface area contributed by atoms with E-state index in [2.05, 4.69) is 38.8 Å². The van der Waals surface area contributed by atoms with Crippen molar-refractivity contribution in [2.75, 3.05) is 47.4 Å². The first-order chi connectivity index (χ1) is 14.9. The molecule has 3 aromatic rings. The van der Waals surface area contributed by atoms with Crippen LogP contribution in [0.5, 0.6) is 0 Å². The van der Waals surface area contributed by atoms with Crippen LogP contribution in [-0.4, -0.2) is 63.8 Å². The maximum atomic E-state index is 13.1. The van der Waals surface area contributed by atoms with E-state index < -0.39 is 11.4 Å². The predicted octanol–water partition coefficient (Wildman–Crippen LogP) is 3.05. The molecule has 3 heterocycles. The van der Waals surface area contributed by atoms with Crippen LogP contribution in [0.25, 0.3) is 10.9 Å². The minimum absolute atomic E-state index is 0.00835. The summed E-state index contributed by atoms with van der Waals surface area (Å²) in [5.74, 6) is 0.924. The van der Waals surface area contributed by atoms with Crippen LogP contribution in [0.2, 0.25) is 0 Å². The molecule has 1 aromatic carbocycles. The van der Waals surface area contributed by atoms with E-state index in [9.17, 15) is 9.35 Å². The number of carbonyl (C=O) groups is 1. The lowest BCUT2D eigenvalue weighted by Gasteiger charge is -2.36. The number of aromatic amines is 1. The van der Waals surface area contributed by atoms with Crippen molar-refractivity contribution in [2.24, 2.45) is 0 Å². The summed E-state index contributed by atoms with van der Waals surface area (Å²) in [6.45, 7) is 6.93. The number of nitrogens with one attached hydrogen (secondary N) is 3. The van der Waals surface area contributed by atoms with Crippen molar-refractivity contribution >= 4 is 45.4 Å². The van der Waals surface area contributed by atoms with E-state index in [1.54, 1.807) is 12.5 Å². The second-order valence-corrected chi connectivity index (χ2v) is 9.11. The number of nitrogens with zero attached hydrogens (tertiary/aromatic N) is 3. The highest BCUT2D eigenvalue weighted by Gasteiger charge is 2.25. The Kier molecular flexibility index (Phi) is 6.24. The number of benzene rings is 1. The van der Waals surface area contributed by atoms with Crippen LogP contribution in [-0.2, 0) is 11.4 Å². The normalized spacial score (nSPS) is 15.4. The smallest absolute Gasteiger partial charge is 0.270 e. The third kappa shape index (κ3) is 4.88. The summed E-state index contributed by atoms with van der Waals surface area (Å²) in [4.78, 5) is 25.0. The zero-order chi connectivity index (χ0) is 22.0. The lowest BCUT2D eigenvalue weighted by atomic mass is 10.2. The molecule has 0 saturated carbocycles. The first-order valence-electron chi connectivity index (χ1n) is 10.4. The Hall–Kier alpha value is -2.91. The van der Waals surface area contributed by atoms with E-state index >= 15 is 0 Å². The Balaban J connectivity index is 1.44. The lowest BCUT2D eigenvalue weighted by Crippen LogP contribution is -2.49. The number of hydrogen-bond acceptors (Lipinski definition) is 6. The fraction of sp³-hybridized carbons (Fsp3) is 0.364. The summed E-state index contributed by atoms with van der Waals surface area (Å²) < 4.78 is 14.3. The minimum atomic E-state index is -1.14. The Morgan fingerprint density at radius 1 is 1.19 bits per heavy atom. The van der Waals surface area contributed by atoms with Crippen molar-refractivity contribution in [3.63, 3.8) is 0 Å². The molecule has 9 heteroatoms. The molecule has 31 heavy (non-hydrogen) atoms. The van der Waals surface area contributed by atoms with Crippen molar-refractivity contribution in [3.05, 3.63) is 48.3 Å². The molecular formula is C22H28N6O2S. The highest BCUT2D eigenvalue weighted by Crippen LogP contribution is 2.26. The van der Waals surface area contributed by atoms with Gasteiger partial charge in [0.05, 0.1) is 22.7 Å². The summed E-state index contributed by atoms with van der Waals surface area (Å²) >= 11 is -1.14. The zero-order valence-electron chi connectivity index (χ0n) is 18.0. The maximum absolute atomic E-state index is 13.1. The highest BCUT2D eigenvalue weighted by molar-refractivity contribution is 7.92. The number of rotatable bonds is 6. The summed E-state index contributed by atoms with van der Waals surface area (Å²) in [5, 5.41) is 4.36. The molecule has 0 aliphatic carbocycles. The molecule has 0 spiro atoms. The summed E-state index contributed by atoms with van der Waals surface area (Å²) in [6.07, 6.45) is 3.39. The number of fused-ring (bicyclic) bond motifs is 1. The SMILES string of the molecule is CC(C)Nc1cccnc1N1CCN(C(=O)c2cc3cc(N[S+](C)[O-])ccc3[nH]2)CC1. The standard InChI is InChI=1S/C22H28N6O2S/c1-15(2)24-19-5-4-8-23-21(19)27-9-11-28(12-10-27)22(29)20-14-16-13-17(26-31(3)30)6-7-18(16)25-20/h4-8,13-15,24-26H,9-12H2,1-3H3. The van der Waals surface area contributed by atoms with Gasteiger partial charge in [0.1, 0.15) is 11.9 Å². The van der Waals surface area contributed by atoms with Gasteiger partial charge < -0.3 is 24.7 Å². The van der Waals surface area contributed by atoms with Crippen LogP contribution in [0, 0.1) is 0 Å². The highest BCUT2D eigenvalue weighted by atomic mass is 32.2. The molecule has 1 aliphatic heterocycles. The molecule has 1 amide bonds. The van der Waals surface area contributed by atoms with Crippen molar-refractivity contribution < 1.29 is 9.35 Å². The molecule has 1 unspecified atom stereocenters. The van der Waals surface area contributed by atoms with E-state index in [-0.39, 0.29) is 5.91 Å². The third-order valence-corrected chi connectivity index (χ3v) is 5.73. The van der Waals surface area contributed by atoms with Gasteiger partial charge in [-0.3, -0.25) is 4.79 Å². The van der Waals surface area contributed by atoms with Crippen LogP contribution in [0.1, 0.15) is 24.3 Å². The van der Waals surface area contributed by atoms with E-state index in [4.69, 9.17) is 0 Å². The number of carbonyl (C=O) groups excluding carboxylic acids is 1. The molecule has 4 rings (SSSR count). The average Bonchev–Trinajstić information content (AvgIpc) is 3.16. The van der Waals surface area contributed by atoms with Gasteiger partial charge in [-0.1, -0.05) is 0 Å². The average molecular weight is 441 g/mol. The monoisotopic (exact) mass is 440 g/mol. The number of amides is 1. The van der Waals surface area contributed by atoms with E-state index in [1.165, 1.54) is 0 Å². The molecule has 1 atom stereocenters. The van der Waals surface area contributed by atoms with E-state index in [1.807, 2.05) is 41.3 Å². The predicted molar refractivity (Wildman–Crippen MR) is 127 cm³/mol. The van der Waals surface area contributed by atoms with Crippen LogP contribution in [0.15, 0.2) is 42.6 Å². The molecule has 0 bridgehead atoms. The number of pyridine rings is 1. The van der Waals surface area contributed by atoms with Gasteiger partial charge in [-0.25, -0.2) is 9.71 Å². The van der Waals surface area contributed by atoms with Gasteiger partial charge >= 0.3 is 0 Å². The molecule has 3 N–H and O–H groups in total. The first kappa shape index (κ1) is 21.3. The van der Waals surface area contributed by atoms with Gasteiger partial charge in [0.2, 0.25) is 0 Å². The number of piperazine rings is 1. The second kappa shape index (κ2) is 9.07. The van der Waals surface area contributed by atoms with Crippen molar-refractivity contribution in [2.45, 2.75) is 19.9 Å². The Morgan fingerprint density at radius 2 is 1.97 bits per heavy atom. The Labute approximate surface area is 185 Å². The number of hydrogen-bond donors (Lipinski definition) is 3. The van der Waals surface area contributed by atoms with E-state index in [0.29, 0.717) is 24.8 Å². The van der Waals surface area contributed by atoms with Crippen molar-refractivity contribution in [1.82, 2.24) is 14.9 Å². The molecule has 1 aliphatic rings. The quantitative estimate of drug-likeness (QED) is 0.510. The van der Waals surface area contributed by atoms with Crippen molar-refractivity contribution in [3.8, 4) is 0 Å². The maximum Gasteiger partial charge on any atom is 0.270 e. The molecule has 2 aromatic heterocycles. The summed E-state index contributed by atoms with van der Waals surface area (Å²) in [6, 6.07) is 11.8. The summed E-state index contributed by atoms with van der Waals surface area (Å²) in [7, 11) is 0. The number of aromatic nitrogens is 2. The van der Waals surface area contributed by atoms with Crippen LogP contribution >= 0.6 is 0 Å². The van der Waals surface area contributed by atoms with Crippen LogP contribution < -0.4 is 14.9 Å². The number of H-pyrrole nitrogens is 1. The van der Waals surface area contributed by atoms with Gasteiger partial charge in [0.15, 0.2) is 5.82 Å². The molecule has 1 saturated heterocycles. The minimum Gasteiger partial charge on any atom is -0.593 e. The van der Waals surface area contributed by atoms with Crippen LogP contribution in [0.4, 0.5) is 17.2 Å². The first-order valence-corrected chi connectivity index (χ1v) is 11.9. The van der Waals surface area contributed by atoms with Crippen LogP contribution in [0.3, 0.4) is 0 Å². The number of anilines is 3. The fourth-order valence-electron chi connectivity index (χ4n) is 3.84.